The third kappa shape index (κ3) is 5.98. The highest BCUT2D eigenvalue weighted by molar-refractivity contribution is 7.90. The summed E-state index contributed by atoms with van der Waals surface area (Å²) in [6, 6.07) is 19.9. The Bertz CT molecular complexity index is 2100. The maximum absolute atomic E-state index is 13.8. The monoisotopic (exact) mass is 637 g/mol. The van der Waals surface area contributed by atoms with Gasteiger partial charge in [0.25, 0.3) is 21.5 Å². The van der Waals surface area contributed by atoms with Crippen LogP contribution in [0.2, 0.25) is 0 Å². The molecule has 0 radical (unpaired) electrons. The van der Waals surface area contributed by atoms with Crippen molar-refractivity contribution in [2.75, 3.05) is 0 Å². The molecule has 0 aliphatic heterocycles. The van der Waals surface area contributed by atoms with Crippen molar-refractivity contribution >= 4 is 32.8 Å². The van der Waals surface area contributed by atoms with Crippen LogP contribution < -0.4 is 10.9 Å². The first kappa shape index (κ1) is 31.3. The van der Waals surface area contributed by atoms with Gasteiger partial charge in [0.1, 0.15) is 11.7 Å². The van der Waals surface area contributed by atoms with Gasteiger partial charge in [-0.15, -0.1) is 0 Å². The number of para-hydroxylation sites is 1. The number of aliphatic carboxylic acids is 1. The van der Waals surface area contributed by atoms with Crippen LogP contribution in [0.3, 0.4) is 0 Å². The number of pyridine rings is 1. The van der Waals surface area contributed by atoms with E-state index < -0.39 is 50.8 Å². The lowest BCUT2D eigenvalue weighted by Gasteiger charge is -2.18. The van der Waals surface area contributed by atoms with Crippen LogP contribution in [0, 0.1) is 6.92 Å². The molecule has 3 aromatic carbocycles. The van der Waals surface area contributed by atoms with Gasteiger partial charge in [0.15, 0.2) is 0 Å². The molecule has 0 fully saturated rings. The zero-order chi connectivity index (χ0) is 32.7. The summed E-state index contributed by atoms with van der Waals surface area (Å²) in [5, 5.41) is 12.7. The van der Waals surface area contributed by atoms with E-state index in [9.17, 15) is 41.1 Å². The Morgan fingerprint density at radius 2 is 1.56 bits per heavy atom. The third-order valence-corrected chi connectivity index (χ3v) is 9.18. The Labute approximate surface area is 255 Å². The summed E-state index contributed by atoms with van der Waals surface area (Å²) >= 11 is 0. The summed E-state index contributed by atoms with van der Waals surface area (Å²) in [7, 11) is -2.90. The average molecular weight is 638 g/mol. The van der Waals surface area contributed by atoms with Gasteiger partial charge in [-0.3, -0.25) is 9.59 Å². The fourth-order valence-corrected chi connectivity index (χ4v) is 6.58. The highest BCUT2D eigenvalue weighted by atomic mass is 32.2. The summed E-state index contributed by atoms with van der Waals surface area (Å²) in [5.41, 5.74) is -2.12. The second-order valence-electron chi connectivity index (χ2n) is 10.4. The molecule has 0 bridgehead atoms. The minimum Gasteiger partial charge on any atom is -0.480 e. The Hall–Kier alpha value is -5.17. The first-order valence-corrected chi connectivity index (χ1v) is 15.0. The molecule has 2 heterocycles. The van der Waals surface area contributed by atoms with Crippen molar-refractivity contribution < 1.29 is 36.3 Å². The fourth-order valence-electron chi connectivity index (χ4n) is 5.04. The first-order chi connectivity index (χ1) is 21.2. The van der Waals surface area contributed by atoms with E-state index >= 15 is 0 Å². The molecule has 1 unspecified atom stereocenters. The van der Waals surface area contributed by atoms with Gasteiger partial charge >= 0.3 is 12.1 Å². The van der Waals surface area contributed by atoms with Gasteiger partial charge in [-0.05, 0) is 48.4 Å². The molecule has 2 aromatic heterocycles. The molecule has 2 N–H and O–H groups in total. The lowest BCUT2D eigenvalue weighted by atomic mass is 9.97. The van der Waals surface area contributed by atoms with Crippen molar-refractivity contribution in [2.24, 2.45) is 7.05 Å². The van der Waals surface area contributed by atoms with Crippen LogP contribution in [0.4, 0.5) is 13.2 Å². The van der Waals surface area contributed by atoms with E-state index in [4.69, 9.17) is 0 Å². The van der Waals surface area contributed by atoms with Gasteiger partial charge < -0.3 is 15.0 Å². The van der Waals surface area contributed by atoms with Gasteiger partial charge in [-0.25, -0.2) is 17.2 Å². The van der Waals surface area contributed by atoms with Gasteiger partial charge in [0, 0.05) is 24.5 Å². The standard InChI is InChI=1S/C32H26F3N3O6S/c1-19-16-24(32(33,34)35)28(30(40)37(19)2)21-14-12-20(13-15-21)17-25(31(41)42)36-29(39)27-18-22-8-6-7-11-26(22)38(27)45(43,44)23-9-4-3-5-10-23/h3-16,18,25H,17H2,1-2H3,(H,36,39)(H,41,42). The molecule has 45 heavy (non-hydrogen) atoms. The van der Waals surface area contributed by atoms with Crippen molar-refractivity contribution in [1.82, 2.24) is 13.9 Å². The molecule has 232 valence electrons. The number of nitrogens with zero attached hydrogens (tertiary/aromatic N) is 2. The molecule has 0 saturated heterocycles. The topological polar surface area (TPSA) is 127 Å². The smallest absolute Gasteiger partial charge is 0.417 e. The predicted molar refractivity (Wildman–Crippen MR) is 160 cm³/mol. The number of fused-ring (bicyclic) bond motifs is 1. The summed E-state index contributed by atoms with van der Waals surface area (Å²) < 4.78 is 70.6. The number of aromatic nitrogens is 2. The minimum absolute atomic E-state index is 0.0155. The second kappa shape index (κ2) is 11.7. The van der Waals surface area contributed by atoms with Crippen LogP contribution >= 0.6 is 0 Å². The lowest BCUT2D eigenvalue weighted by Crippen LogP contribution is -2.43. The highest BCUT2D eigenvalue weighted by Crippen LogP contribution is 2.36. The largest absolute Gasteiger partial charge is 0.480 e. The summed E-state index contributed by atoms with van der Waals surface area (Å²) in [5.74, 6) is -2.39. The van der Waals surface area contributed by atoms with Crippen LogP contribution in [0.5, 0.6) is 0 Å². The molecule has 0 spiro atoms. The number of carboxylic acid groups (broad SMARTS) is 1. The zero-order valence-corrected chi connectivity index (χ0v) is 24.7. The number of nitrogens with one attached hydrogen (secondary N) is 1. The van der Waals surface area contributed by atoms with Crippen molar-refractivity contribution in [2.45, 2.75) is 30.5 Å². The number of rotatable bonds is 8. The van der Waals surface area contributed by atoms with Crippen LogP contribution in [0.25, 0.3) is 22.0 Å². The van der Waals surface area contributed by atoms with Crippen molar-refractivity contribution in [3.8, 4) is 11.1 Å². The molecule has 5 aromatic rings. The van der Waals surface area contributed by atoms with Gasteiger partial charge in [-0.2, -0.15) is 13.2 Å². The number of hydrogen-bond acceptors (Lipinski definition) is 5. The molecular formula is C32H26F3N3O6S. The molecule has 0 saturated carbocycles. The van der Waals surface area contributed by atoms with Gasteiger partial charge in [0.2, 0.25) is 0 Å². The summed E-state index contributed by atoms with van der Waals surface area (Å²) in [6.07, 6.45) is -5.08. The number of hydrogen-bond donors (Lipinski definition) is 2. The Kier molecular flexibility index (Phi) is 8.15. The average Bonchev–Trinajstić information content (AvgIpc) is 3.41. The number of benzene rings is 3. The SMILES string of the molecule is Cc1cc(C(F)(F)F)c(-c2ccc(CC(NC(=O)c3cc4ccccc4n3S(=O)(=O)c3ccccc3)C(=O)O)cc2)c(=O)n1C. The Morgan fingerprint density at radius 1 is 0.933 bits per heavy atom. The predicted octanol–water partition coefficient (Wildman–Crippen LogP) is 5.00. The number of halogens is 3. The highest BCUT2D eigenvalue weighted by Gasteiger charge is 2.36. The number of amides is 1. The fraction of sp³-hybridized carbons (Fsp3) is 0.156. The molecule has 0 aliphatic rings. The van der Waals surface area contributed by atoms with E-state index in [1.54, 1.807) is 24.3 Å². The van der Waals surface area contributed by atoms with E-state index in [-0.39, 0.29) is 33.8 Å². The van der Waals surface area contributed by atoms with Crippen LogP contribution in [0.15, 0.2) is 101 Å². The van der Waals surface area contributed by atoms with E-state index in [2.05, 4.69) is 5.32 Å². The minimum atomic E-state index is -4.79. The summed E-state index contributed by atoms with van der Waals surface area (Å²) in [6.45, 7) is 1.39. The number of alkyl halides is 3. The Balaban J connectivity index is 1.46. The second-order valence-corrected chi connectivity index (χ2v) is 12.2. The van der Waals surface area contributed by atoms with Crippen LogP contribution in [0.1, 0.15) is 27.3 Å². The molecule has 5 rings (SSSR count). The number of carboxylic acids is 1. The molecule has 9 nitrogen and oxygen atoms in total. The van der Waals surface area contributed by atoms with E-state index in [1.807, 2.05) is 0 Å². The maximum atomic E-state index is 13.8. The quantitative estimate of drug-likeness (QED) is 0.247. The third-order valence-electron chi connectivity index (χ3n) is 7.44. The number of carbonyl (C=O) groups excluding carboxylic acids is 1. The zero-order valence-electron chi connectivity index (χ0n) is 23.9. The Morgan fingerprint density at radius 3 is 2.18 bits per heavy atom. The summed E-state index contributed by atoms with van der Waals surface area (Å²) in [4.78, 5) is 38.4. The first-order valence-electron chi connectivity index (χ1n) is 13.5. The van der Waals surface area contributed by atoms with Crippen molar-refractivity contribution in [1.29, 1.82) is 0 Å². The van der Waals surface area contributed by atoms with Crippen LogP contribution in [-0.2, 0) is 34.5 Å². The molecule has 1 amide bonds. The molecule has 13 heteroatoms. The van der Waals surface area contributed by atoms with Gasteiger partial charge in [-0.1, -0.05) is 60.7 Å². The maximum Gasteiger partial charge on any atom is 0.417 e. The lowest BCUT2D eigenvalue weighted by molar-refractivity contribution is -0.139. The van der Waals surface area contributed by atoms with Crippen molar-refractivity contribution in [3.05, 3.63) is 124 Å². The molecular weight excluding hydrogens is 611 g/mol. The number of carbonyl (C=O) groups is 2. The van der Waals surface area contributed by atoms with E-state index in [0.29, 0.717) is 10.9 Å². The van der Waals surface area contributed by atoms with Gasteiger partial charge in [0.05, 0.1) is 21.5 Å². The van der Waals surface area contributed by atoms with Crippen molar-refractivity contribution in [3.63, 3.8) is 0 Å². The normalized spacial score (nSPS) is 12.6. The van der Waals surface area contributed by atoms with E-state index in [0.717, 1.165) is 14.6 Å². The number of aryl methyl sites for hydroxylation is 1. The molecule has 1 atom stereocenters. The van der Waals surface area contributed by atoms with E-state index in [1.165, 1.54) is 74.6 Å². The van der Waals surface area contributed by atoms with Crippen LogP contribution in [-0.4, -0.2) is 40.0 Å². The molecule has 0 aliphatic carbocycles.